The van der Waals surface area contributed by atoms with Crippen LogP contribution in [-0.4, -0.2) is 60.5 Å². The monoisotopic (exact) mass is 449 g/mol. The highest BCUT2D eigenvalue weighted by Crippen LogP contribution is 2.20. The summed E-state index contributed by atoms with van der Waals surface area (Å²) in [6.45, 7) is 3.66. The number of aliphatic imine (C=N–C) groups is 1. The van der Waals surface area contributed by atoms with Crippen LogP contribution in [0.2, 0.25) is 0 Å². The lowest BCUT2D eigenvalue weighted by Gasteiger charge is -2.31. The second kappa shape index (κ2) is 11.3. The summed E-state index contributed by atoms with van der Waals surface area (Å²) in [5.41, 5.74) is 8.72. The van der Waals surface area contributed by atoms with E-state index in [9.17, 15) is 10.0 Å². The molecular formula is C25H31N5O3. The van der Waals surface area contributed by atoms with Gasteiger partial charge in [-0.15, -0.1) is 0 Å². The first kappa shape index (κ1) is 24.0. The first-order valence-electron chi connectivity index (χ1n) is 10.9. The van der Waals surface area contributed by atoms with E-state index in [1.165, 1.54) is 7.11 Å². The normalized spacial score (nSPS) is 15.0. The Morgan fingerprint density at radius 3 is 2.70 bits per heavy atom. The summed E-state index contributed by atoms with van der Waals surface area (Å²) in [4.78, 5) is 18.7. The Balaban J connectivity index is 1.63. The molecule has 0 bridgehead atoms. The third-order valence-corrected chi connectivity index (χ3v) is 5.62. The molecule has 0 aliphatic carbocycles. The number of methoxy groups -OCH3 is 1. The third kappa shape index (κ3) is 6.43. The lowest BCUT2D eigenvalue weighted by atomic mass is 10.0. The molecule has 2 aromatic carbocycles. The van der Waals surface area contributed by atoms with Crippen molar-refractivity contribution in [3.8, 4) is 0 Å². The van der Waals surface area contributed by atoms with Crippen molar-refractivity contribution in [2.45, 2.75) is 25.8 Å². The lowest BCUT2D eigenvalue weighted by Crippen LogP contribution is -2.38. The number of carbonyl (C=O) groups excluding carboxylic acids is 1. The predicted octanol–water partition coefficient (Wildman–Crippen LogP) is 3.55. The van der Waals surface area contributed by atoms with E-state index in [0.29, 0.717) is 22.9 Å². The summed E-state index contributed by atoms with van der Waals surface area (Å²) in [7, 11) is 1.31. The molecule has 2 aromatic rings. The van der Waals surface area contributed by atoms with Crippen LogP contribution in [0, 0.1) is 5.41 Å². The van der Waals surface area contributed by atoms with Gasteiger partial charge in [0.25, 0.3) is 0 Å². The topological polar surface area (TPSA) is 115 Å². The number of ether oxygens (including phenoxy) is 1. The standard InChI is InChI=1S/C25H31N5O3/c1-18(26)29-15-12-21(13-16-29)28-24(27)20-9-5-7-19(17-20)8-6-14-30(32)23-11-4-3-10-22(23)25(31)33-2/h3-11,17,21,26,32H,12-16H2,1-2H3,(H2,27,28)/b8-6+,26-18?. The summed E-state index contributed by atoms with van der Waals surface area (Å²) in [6, 6.07) is 14.6. The predicted molar refractivity (Wildman–Crippen MR) is 131 cm³/mol. The van der Waals surface area contributed by atoms with E-state index in [0.717, 1.165) is 42.1 Å². The Hall–Kier alpha value is -3.65. The van der Waals surface area contributed by atoms with E-state index in [4.69, 9.17) is 20.9 Å². The number of esters is 1. The fraction of sp³-hybridized carbons (Fsp3) is 0.320. The number of nitrogens with one attached hydrogen (secondary N) is 1. The lowest BCUT2D eigenvalue weighted by molar-refractivity contribution is 0.0599. The number of hydrogen-bond acceptors (Lipinski definition) is 6. The minimum atomic E-state index is -0.505. The quantitative estimate of drug-likeness (QED) is 0.258. The van der Waals surface area contributed by atoms with E-state index < -0.39 is 5.97 Å². The molecule has 1 aliphatic heterocycles. The molecule has 0 saturated carbocycles. The third-order valence-electron chi connectivity index (χ3n) is 5.62. The highest BCUT2D eigenvalue weighted by atomic mass is 16.5. The van der Waals surface area contributed by atoms with Crippen molar-refractivity contribution >= 4 is 29.4 Å². The van der Waals surface area contributed by atoms with Gasteiger partial charge in [0.1, 0.15) is 5.84 Å². The highest BCUT2D eigenvalue weighted by Gasteiger charge is 2.19. The average Bonchev–Trinajstić information content (AvgIpc) is 2.84. The molecule has 1 saturated heterocycles. The number of hydroxylamine groups is 1. The summed E-state index contributed by atoms with van der Waals surface area (Å²) in [5, 5.41) is 19.2. The Morgan fingerprint density at radius 1 is 1.27 bits per heavy atom. The largest absolute Gasteiger partial charge is 0.465 e. The van der Waals surface area contributed by atoms with Crippen molar-refractivity contribution in [2.24, 2.45) is 10.7 Å². The van der Waals surface area contributed by atoms with Gasteiger partial charge in [-0.05, 0) is 43.5 Å². The molecule has 33 heavy (non-hydrogen) atoms. The van der Waals surface area contributed by atoms with Crippen LogP contribution in [0.5, 0.6) is 0 Å². The van der Waals surface area contributed by atoms with E-state index in [-0.39, 0.29) is 12.6 Å². The molecule has 1 heterocycles. The molecule has 1 aliphatic rings. The summed E-state index contributed by atoms with van der Waals surface area (Å²) >= 11 is 0. The number of nitrogens with two attached hydrogens (primary N) is 1. The van der Waals surface area contributed by atoms with Crippen molar-refractivity contribution in [3.05, 3.63) is 71.3 Å². The SMILES string of the molecule is COC(=O)c1ccccc1N(O)C/C=C/c1cccc(C(N)=NC2CCN(C(C)=N)CC2)c1. The van der Waals surface area contributed by atoms with Crippen LogP contribution in [0.4, 0.5) is 5.69 Å². The first-order chi connectivity index (χ1) is 15.9. The van der Waals surface area contributed by atoms with E-state index >= 15 is 0 Å². The average molecular weight is 450 g/mol. The van der Waals surface area contributed by atoms with Gasteiger partial charge in [-0.25, -0.2) is 4.79 Å². The number of carbonyl (C=O) groups is 1. The fourth-order valence-corrected chi connectivity index (χ4v) is 3.77. The van der Waals surface area contributed by atoms with Crippen molar-refractivity contribution in [1.29, 1.82) is 5.41 Å². The fourth-order valence-electron chi connectivity index (χ4n) is 3.77. The molecule has 4 N–H and O–H groups in total. The maximum absolute atomic E-state index is 11.9. The summed E-state index contributed by atoms with van der Waals surface area (Å²) in [5.74, 6) is 0.598. The molecule has 8 heteroatoms. The number of rotatable bonds is 7. The molecule has 0 spiro atoms. The maximum Gasteiger partial charge on any atom is 0.340 e. The van der Waals surface area contributed by atoms with Crippen LogP contribution >= 0.6 is 0 Å². The Labute approximate surface area is 194 Å². The molecule has 3 rings (SSSR count). The van der Waals surface area contributed by atoms with Gasteiger partial charge in [-0.1, -0.05) is 42.5 Å². The van der Waals surface area contributed by atoms with Crippen molar-refractivity contribution in [1.82, 2.24) is 4.90 Å². The van der Waals surface area contributed by atoms with Gasteiger partial charge in [0, 0.05) is 18.7 Å². The minimum absolute atomic E-state index is 0.164. The van der Waals surface area contributed by atoms with Crippen LogP contribution in [0.15, 0.2) is 59.6 Å². The summed E-state index contributed by atoms with van der Waals surface area (Å²) in [6.07, 6.45) is 5.45. The second-order valence-corrected chi connectivity index (χ2v) is 7.94. The molecule has 1 fully saturated rings. The molecule has 174 valence electrons. The van der Waals surface area contributed by atoms with E-state index in [1.54, 1.807) is 30.3 Å². The molecule has 0 radical (unpaired) electrons. The van der Waals surface area contributed by atoms with Gasteiger partial charge in [0.05, 0.1) is 36.8 Å². The second-order valence-electron chi connectivity index (χ2n) is 7.94. The van der Waals surface area contributed by atoms with Gasteiger partial charge in [0.2, 0.25) is 0 Å². The van der Waals surface area contributed by atoms with E-state index in [1.807, 2.05) is 37.3 Å². The number of nitrogens with zero attached hydrogens (tertiary/aromatic N) is 3. The summed E-state index contributed by atoms with van der Waals surface area (Å²) < 4.78 is 4.78. The number of hydrogen-bond donors (Lipinski definition) is 3. The molecular weight excluding hydrogens is 418 g/mol. The zero-order valence-electron chi connectivity index (χ0n) is 19.1. The molecule has 8 nitrogen and oxygen atoms in total. The molecule has 0 amide bonds. The number of likely N-dealkylation sites (tertiary alicyclic amines) is 1. The van der Waals surface area contributed by atoms with Crippen LogP contribution in [-0.2, 0) is 4.74 Å². The molecule has 0 unspecified atom stereocenters. The van der Waals surface area contributed by atoms with Crippen molar-refractivity contribution < 1.29 is 14.7 Å². The van der Waals surface area contributed by atoms with Crippen LogP contribution in [0.3, 0.4) is 0 Å². The van der Waals surface area contributed by atoms with Gasteiger partial charge < -0.3 is 15.4 Å². The smallest absolute Gasteiger partial charge is 0.340 e. The highest BCUT2D eigenvalue weighted by molar-refractivity contribution is 5.98. The molecule has 0 aromatic heterocycles. The van der Waals surface area contributed by atoms with Crippen molar-refractivity contribution in [3.63, 3.8) is 0 Å². The minimum Gasteiger partial charge on any atom is -0.465 e. The van der Waals surface area contributed by atoms with Gasteiger partial charge >= 0.3 is 5.97 Å². The van der Waals surface area contributed by atoms with Gasteiger partial charge in [-0.2, -0.15) is 0 Å². The Morgan fingerprint density at radius 2 is 2.00 bits per heavy atom. The Kier molecular flexibility index (Phi) is 8.21. The Bertz CT molecular complexity index is 1040. The number of amidine groups is 2. The number of benzene rings is 2. The number of anilines is 1. The van der Waals surface area contributed by atoms with Crippen LogP contribution in [0.1, 0.15) is 41.3 Å². The first-order valence-corrected chi connectivity index (χ1v) is 10.9. The van der Waals surface area contributed by atoms with Crippen molar-refractivity contribution in [2.75, 3.05) is 31.8 Å². The number of para-hydroxylation sites is 1. The van der Waals surface area contributed by atoms with E-state index in [2.05, 4.69) is 4.90 Å². The van der Waals surface area contributed by atoms with Crippen LogP contribution < -0.4 is 10.8 Å². The zero-order chi connectivity index (χ0) is 23.8. The maximum atomic E-state index is 11.9. The number of piperidine rings is 1. The zero-order valence-corrected chi connectivity index (χ0v) is 19.1. The van der Waals surface area contributed by atoms with Gasteiger partial charge in [0.15, 0.2) is 0 Å². The van der Waals surface area contributed by atoms with Crippen LogP contribution in [0.25, 0.3) is 6.08 Å². The molecule has 0 atom stereocenters. The van der Waals surface area contributed by atoms with Gasteiger partial charge in [-0.3, -0.25) is 20.7 Å².